The van der Waals surface area contributed by atoms with Crippen LogP contribution in [0.3, 0.4) is 0 Å². The number of ether oxygens (including phenoxy) is 1. The summed E-state index contributed by atoms with van der Waals surface area (Å²) in [7, 11) is 0. The molecular weight excluding hydrogens is 408 g/mol. The Kier molecular flexibility index (Phi) is 5.79. The van der Waals surface area contributed by atoms with Crippen molar-refractivity contribution in [3.05, 3.63) is 42.1 Å². The quantitative estimate of drug-likeness (QED) is 0.709. The summed E-state index contributed by atoms with van der Waals surface area (Å²) in [4.78, 5) is 44.4. The normalized spacial score (nSPS) is 23.5. The molecule has 8 nitrogen and oxygen atoms in total. The first kappa shape index (κ1) is 22.0. The van der Waals surface area contributed by atoms with Crippen molar-refractivity contribution in [2.75, 3.05) is 6.54 Å². The largest absolute Gasteiger partial charge is 0.444 e. The molecule has 0 unspecified atom stereocenters. The molecule has 1 spiro atoms. The number of nitrogens with one attached hydrogen (secondary N) is 2. The lowest BCUT2D eigenvalue weighted by Gasteiger charge is -2.39. The third-order valence-corrected chi connectivity index (χ3v) is 6.21. The highest BCUT2D eigenvalue weighted by molar-refractivity contribution is 6.07. The predicted molar refractivity (Wildman–Crippen MR) is 120 cm³/mol. The molecule has 1 aromatic carbocycles. The molecule has 2 aromatic rings. The zero-order valence-electron chi connectivity index (χ0n) is 18.8. The highest BCUT2D eigenvalue weighted by atomic mass is 16.6. The SMILES string of the molecule is CC(C)(C)OC(=O)NC[C@H]1CCCC[C@@]12NC(=O)N(Cc1cccc3cccnc13)C2=O. The van der Waals surface area contributed by atoms with Gasteiger partial charge in [0.15, 0.2) is 0 Å². The van der Waals surface area contributed by atoms with E-state index in [4.69, 9.17) is 4.74 Å². The number of nitrogens with zero attached hydrogens (tertiary/aromatic N) is 2. The Hall–Kier alpha value is -3.16. The molecule has 0 radical (unpaired) electrons. The summed E-state index contributed by atoms with van der Waals surface area (Å²) < 4.78 is 5.33. The van der Waals surface area contributed by atoms with Crippen molar-refractivity contribution >= 4 is 28.9 Å². The minimum absolute atomic E-state index is 0.160. The van der Waals surface area contributed by atoms with Crippen LogP contribution in [0.25, 0.3) is 10.9 Å². The van der Waals surface area contributed by atoms with E-state index < -0.39 is 23.3 Å². The number of alkyl carbamates (subject to hydrolysis) is 1. The van der Waals surface area contributed by atoms with Crippen LogP contribution in [0.1, 0.15) is 52.0 Å². The first-order valence-electron chi connectivity index (χ1n) is 11.1. The summed E-state index contributed by atoms with van der Waals surface area (Å²) >= 11 is 0. The molecule has 2 atom stereocenters. The van der Waals surface area contributed by atoms with Gasteiger partial charge in [-0.25, -0.2) is 9.59 Å². The number of para-hydroxylation sites is 1. The second kappa shape index (κ2) is 8.41. The van der Waals surface area contributed by atoms with Crippen LogP contribution in [0.2, 0.25) is 0 Å². The van der Waals surface area contributed by atoms with Crippen molar-refractivity contribution < 1.29 is 19.1 Å². The number of urea groups is 1. The molecule has 4 amide bonds. The summed E-state index contributed by atoms with van der Waals surface area (Å²) in [6, 6.07) is 9.17. The molecule has 8 heteroatoms. The standard InChI is InChI=1S/C24H30N4O4/c1-23(2,3)32-22(31)26-14-18-11-4-5-12-24(18)20(29)28(21(30)27-24)15-17-9-6-8-16-10-7-13-25-19(16)17/h6-10,13,18H,4-5,11-12,14-15H2,1-3H3,(H,26,31)(H,27,30)/t18-,24-/m1/s1. The third-order valence-electron chi connectivity index (χ3n) is 6.21. The maximum Gasteiger partial charge on any atom is 0.407 e. The van der Waals surface area contributed by atoms with Gasteiger partial charge in [0.1, 0.15) is 11.1 Å². The molecule has 2 heterocycles. The van der Waals surface area contributed by atoms with Gasteiger partial charge in [-0.15, -0.1) is 0 Å². The van der Waals surface area contributed by atoms with E-state index in [9.17, 15) is 14.4 Å². The number of rotatable bonds is 4. The van der Waals surface area contributed by atoms with Crippen LogP contribution in [0.5, 0.6) is 0 Å². The first-order valence-corrected chi connectivity index (χ1v) is 11.1. The molecule has 1 saturated heterocycles. The van der Waals surface area contributed by atoms with Crippen LogP contribution in [0, 0.1) is 5.92 Å². The van der Waals surface area contributed by atoms with Crippen molar-refractivity contribution in [3.63, 3.8) is 0 Å². The smallest absolute Gasteiger partial charge is 0.407 e. The number of amides is 4. The Balaban J connectivity index is 1.53. The van der Waals surface area contributed by atoms with E-state index in [-0.39, 0.29) is 24.9 Å². The summed E-state index contributed by atoms with van der Waals surface area (Å²) in [5.41, 5.74) is 0.00317. The van der Waals surface area contributed by atoms with Gasteiger partial charge in [0.05, 0.1) is 12.1 Å². The third kappa shape index (κ3) is 4.26. The van der Waals surface area contributed by atoms with Crippen LogP contribution in [-0.4, -0.2) is 45.6 Å². The Labute approximate surface area is 187 Å². The average molecular weight is 439 g/mol. The monoisotopic (exact) mass is 438 g/mol. The topological polar surface area (TPSA) is 101 Å². The molecule has 1 aliphatic heterocycles. The molecule has 1 aliphatic carbocycles. The van der Waals surface area contributed by atoms with Crippen LogP contribution in [0.15, 0.2) is 36.5 Å². The van der Waals surface area contributed by atoms with Gasteiger partial charge in [0, 0.05) is 24.0 Å². The van der Waals surface area contributed by atoms with E-state index >= 15 is 0 Å². The van der Waals surface area contributed by atoms with Gasteiger partial charge < -0.3 is 15.4 Å². The Morgan fingerprint density at radius 3 is 2.81 bits per heavy atom. The second-order valence-electron chi connectivity index (χ2n) is 9.61. The lowest BCUT2D eigenvalue weighted by atomic mass is 9.72. The van der Waals surface area contributed by atoms with E-state index in [0.29, 0.717) is 6.42 Å². The number of pyridine rings is 1. The number of hydrogen-bond acceptors (Lipinski definition) is 5. The van der Waals surface area contributed by atoms with E-state index in [1.165, 1.54) is 4.90 Å². The van der Waals surface area contributed by atoms with Crippen LogP contribution in [-0.2, 0) is 16.1 Å². The maximum atomic E-state index is 13.6. The molecule has 2 aliphatic rings. The number of benzene rings is 1. The van der Waals surface area contributed by atoms with Crippen LogP contribution < -0.4 is 10.6 Å². The molecule has 1 aromatic heterocycles. The van der Waals surface area contributed by atoms with Gasteiger partial charge in [-0.3, -0.25) is 14.7 Å². The minimum Gasteiger partial charge on any atom is -0.444 e. The van der Waals surface area contributed by atoms with E-state index in [2.05, 4.69) is 15.6 Å². The second-order valence-corrected chi connectivity index (χ2v) is 9.61. The van der Waals surface area contributed by atoms with E-state index in [1.54, 1.807) is 27.0 Å². The van der Waals surface area contributed by atoms with Gasteiger partial charge in [-0.05, 0) is 45.2 Å². The van der Waals surface area contributed by atoms with Gasteiger partial charge in [-0.1, -0.05) is 37.1 Å². The summed E-state index contributed by atoms with van der Waals surface area (Å²) in [6.45, 7) is 5.83. The molecule has 2 N–H and O–H groups in total. The number of imide groups is 1. The van der Waals surface area contributed by atoms with Gasteiger partial charge in [-0.2, -0.15) is 0 Å². The number of hydrogen-bond donors (Lipinski definition) is 2. The summed E-state index contributed by atoms with van der Waals surface area (Å²) in [5.74, 6) is -0.429. The molecule has 170 valence electrons. The van der Waals surface area contributed by atoms with Gasteiger partial charge >= 0.3 is 12.1 Å². The fourth-order valence-electron chi connectivity index (χ4n) is 4.74. The van der Waals surface area contributed by atoms with Crippen LogP contribution in [0.4, 0.5) is 9.59 Å². The van der Waals surface area contributed by atoms with Crippen molar-refractivity contribution in [3.8, 4) is 0 Å². The Bertz CT molecular complexity index is 1040. The van der Waals surface area contributed by atoms with E-state index in [0.717, 1.165) is 35.7 Å². The number of carbonyl (C=O) groups is 3. The Morgan fingerprint density at radius 1 is 1.25 bits per heavy atom. The molecule has 4 rings (SSSR count). The lowest BCUT2D eigenvalue weighted by molar-refractivity contribution is -0.134. The number of aromatic nitrogens is 1. The minimum atomic E-state index is -0.998. The molecule has 2 fully saturated rings. The zero-order chi connectivity index (χ0) is 22.9. The Morgan fingerprint density at radius 2 is 2.03 bits per heavy atom. The maximum absolute atomic E-state index is 13.6. The fourth-order valence-corrected chi connectivity index (χ4v) is 4.74. The molecule has 32 heavy (non-hydrogen) atoms. The highest BCUT2D eigenvalue weighted by Gasteiger charge is 2.56. The predicted octanol–water partition coefficient (Wildman–Crippen LogP) is 3.74. The number of fused-ring (bicyclic) bond motifs is 1. The average Bonchev–Trinajstić information content (AvgIpc) is 2.97. The summed E-state index contributed by atoms with van der Waals surface area (Å²) in [6.07, 6.45) is 4.28. The van der Waals surface area contributed by atoms with Gasteiger partial charge in [0.25, 0.3) is 5.91 Å². The fraction of sp³-hybridized carbons (Fsp3) is 0.500. The zero-order valence-corrected chi connectivity index (χ0v) is 18.8. The van der Waals surface area contributed by atoms with Crippen molar-refractivity contribution in [2.24, 2.45) is 5.92 Å². The van der Waals surface area contributed by atoms with Gasteiger partial charge in [0.2, 0.25) is 0 Å². The lowest BCUT2D eigenvalue weighted by Crippen LogP contribution is -2.57. The van der Waals surface area contributed by atoms with E-state index in [1.807, 2.05) is 30.3 Å². The molecular formula is C24H30N4O4. The van der Waals surface area contributed by atoms with Crippen molar-refractivity contribution in [2.45, 2.75) is 64.1 Å². The van der Waals surface area contributed by atoms with Crippen molar-refractivity contribution in [1.29, 1.82) is 0 Å². The van der Waals surface area contributed by atoms with Crippen molar-refractivity contribution in [1.82, 2.24) is 20.5 Å². The summed E-state index contributed by atoms with van der Waals surface area (Å²) in [5, 5.41) is 6.74. The molecule has 1 saturated carbocycles. The first-order chi connectivity index (χ1) is 15.2. The van der Waals surface area contributed by atoms with Crippen LogP contribution >= 0.6 is 0 Å². The molecule has 0 bridgehead atoms. The highest BCUT2D eigenvalue weighted by Crippen LogP contribution is 2.39. The number of carbonyl (C=O) groups excluding carboxylic acids is 3.